The molecule has 2 rings (SSSR count). The van der Waals surface area contributed by atoms with Gasteiger partial charge in [0.1, 0.15) is 10.7 Å². The van der Waals surface area contributed by atoms with Gasteiger partial charge in [-0.15, -0.1) is 0 Å². The van der Waals surface area contributed by atoms with Crippen LogP contribution in [0.4, 0.5) is 5.88 Å². The number of pyridine rings is 1. The Kier molecular flexibility index (Phi) is 3.67. The van der Waals surface area contributed by atoms with Crippen molar-refractivity contribution in [3.63, 3.8) is 0 Å². The highest BCUT2D eigenvalue weighted by atomic mass is 79.9. The molecule has 0 saturated carbocycles. The molecule has 2 aromatic heterocycles. The zero-order valence-electron chi connectivity index (χ0n) is 8.80. The third-order valence-electron chi connectivity index (χ3n) is 2.16. The molecule has 0 spiro atoms. The molecular weight excluding hydrogens is 372 g/mol. The van der Waals surface area contributed by atoms with Crippen molar-refractivity contribution in [2.24, 2.45) is 0 Å². The Morgan fingerprint density at radius 2 is 2.11 bits per heavy atom. The second kappa shape index (κ2) is 5.07. The molecule has 6 nitrogen and oxygen atoms in total. The van der Waals surface area contributed by atoms with Crippen LogP contribution < -0.4 is 5.56 Å². The topological polar surface area (TPSA) is 78.3 Å². The molecule has 0 aromatic carbocycles. The van der Waals surface area contributed by atoms with Crippen LogP contribution in [0.15, 0.2) is 42.6 Å². The van der Waals surface area contributed by atoms with E-state index in [0.717, 1.165) is 4.47 Å². The summed E-state index contributed by atoms with van der Waals surface area (Å²) < 4.78 is 7.50. The molecule has 2 heterocycles. The van der Waals surface area contributed by atoms with Gasteiger partial charge in [-0.25, -0.2) is 0 Å². The summed E-state index contributed by atoms with van der Waals surface area (Å²) in [6.07, 6.45) is 1.58. The standard InChI is InChI=1S/C10H6Br2N2O4/c11-6-3-8(12)10(15)13(4-6)5-7-1-2-9(18-7)14(16)17/h1-4H,5H2. The van der Waals surface area contributed by atoms with Crippen LogP contribution in [0, 0.1) is 10.1 Å². The maximum Gasteiger partial charge on any atom is 0.433 e. The molecule has 0 N–H and O–H groups in total. The molecule has 0 aliphatic heterocycles. The molecular formula is C10H6Br2N2O4. The van der Waals surface area contributed by atoms with Crippen molar-refractivity contribution in [1.29, 1.82) is 0 Å². The van der Waals surface area contributed by atoms with E-state index in [1.807, 2.05) is 0 Å². The van der Waals surface area contributed by atoms with Gasteiger partial charge in [0, 0.05) is 10.7 Å². The normalized spacial score (nSPS) is 10.6. The van der Waals surface area contributed by atoms with Gasteiger partial charge in [-0.1, -0.05) is 0 Å². The van der Waals surface area contributed by atoms with Gasteiger partial charge in [0.25, 0.3) is 5.56 Å². The molecule has 94 valence electrons. The molecule has 0 fully saturated rings. The summed E-state index contributed by atoms with van der Waals surface area (Å²) in [4.78, 5) is 21.6. The number of furan rings is 1. The molecule has 0 amide bonds. The number of hydrogen-bond acceptors (Lipinski definition) is 4. The number of hydrogen-bond donors (Lipinski definition) is 0. The van der Waals surface area contributed by atoms with Gasteiger partial charge in [-0.2, -0.15) is 0 Å². The monoisotopic (exact) mass is 376 g/mol. The summed E-state index contributed by atoms with van der Waals surface area (Å²) in [7, 11) is 0. The third-order valence-corrected chi connectivity index (χ3v) is 3.16. The lowest BCUT2D eigenvalue weighted by Crippen LogP contribution is -2.20. The van der Waals surface area contributed by atoms with E-state index in [9.17, 15) is 14.9 Å². The molecule has 0 unspecified atom stereocenters. The van der Waals surface area contributed by atoms with E-state index in [0.29, 0.717) is 10.2 Å². The average molecular weight is 378 g/mol. The van der Waals surface area contributed by atoms with Crippen molar-refractivity contribution >= 4 is 37.7 Å². The second-order valence-corrected chi connectivity index (χ2v) is 5.21. The Morgan fingerprint density at radius 3 is 2.72 bits per heavy atom. The quantitative estimate of drug-likeness (QED) is 0.608. The van der Waals surface area contributed by atoms with E-state index in [1.165, 1.54) is 16.7 Å². The first-order chi connectivity index (χ1) is 8.47. The van der Waals surface area contributed by atoms with Crippen LogP contribution in [-0.4, -0.2) is 9.49 Å². The Labute approximate surface area is 118 Å². The van der Waals surface area contributed by atoms with Crippen molar-refractivity contribution in [1.82, 2.24) is 4.57 Å². The predicted molar refractivity (Wildman–Crippen MR) is 70.6 cm³/mol. The van der Waals surface area contributed by atoms with Crippen LogP contribution in [-0.2, 0) is 6.54 Å². The fraction of sp³-hybridized carbons (Fsp3) is 0.100. The first-order valence-corrected chi connectivity index (χ1v) is 6.34. The maximum atomic E-state index is 11.8. The van der Waals surface area contributed by atoms with Crippen LogP contribution in [0.2, 0.25) is 0 Å². The smallest absolute Gasteiger partial charge is 0.404 e. The predicted octanol–water partition coefficient (Wildman–Crippen LogP) is 2.92. The van der Waals surface area contributed by atoms with E-state index in [2.05, 4.69) is 31.9 Å². The summed E-state index contributed by atoms with van der Waals surface area (Å²) in [5.41, 5.74) is -0.239. The zero-order valence-corrected chi connectivity index (χ0v) is 12.0. The number of nitro groups is 1. The van der Waals surface area contributed by atoms with Gasteiger partial charge in [-0.3, -0.25) is 14.9 Å². The lowest BCUT2D eigenvalue weighted by Gasteiger charge is -2.04. The second-order valence-electron chi connectivity index (χ2n) is 3.44. The van der Waals surface area contributed by atoms with Crippen LogP contribution in [0.5, 0.6) is 0 Å². The molecule has 0 atom stereocenters. The van der Waals surface area contributed by atoms with Crippen LogP contribution in [0.1, 0.15) is 5.76 Å². The number of aromatic nitrogens is 1. The highest BCUT2D eigenvalue weighted by molar-refractivity contribution is 9.11. The minimum atomic E-state index is -0.622. The molecule has 8 heteroatoms. The molecule has 0 bridgehead atoms. The minimum Gasteiger partial charge on any atom is -0.404 e. The molecule has 0 radical (unpaired) electrons. The molecule has 0 saturated heterocycles. The van der Waals surface area contributed by atoms with Gasteiger partial charge in [0.15, 0.2) is 0 Å². The Morgan fingerprint density at radius 1 is 1.39 bits per heavy atom. The Hall–Kier alpha value is -1.41. The lowest BCUT2D eigenvalue weighted by molar-refractivity contribution is -0.402. The molecule has 0 aliphatic carbocycles. The summed E-state index contributed by atoms with van der Waals surface area (Å²) in [6.45, 7) is 0.130. The van der Waals surface area contributed by atoms with E-state index >= 15 is 0 Å². The molecule has 0 aliphatic rings. The first-order valence-electron chi connectivity index (χ1n) is 4.76. The van der Waals surface area contributed by atoms with Crippen LogP contribution >= 0.6 is 31.9 Å². The number of nitrogens with zero attached hydrogens (tertiary/aromatic N) is 2. The van der Waals surface area contributed by atoms with Gasteiger partial charge in [-0.05, 0) is 44.0 Å². The highest BCUT2D eigenvalue weighted by Crippen LogP contribution is 2.18. The summed E-state index contributed by atoms with van der Waals surface area (Å²) in [5, 5.41) is 10.5. The first kappa shape index (κ1) is 13.0. The third kappa shape index (κ3) is 2.70. The summed E-state index contributed by atoms with van der Waals surface area (Å²) in [6, 6.07) is 4.36. The largest absolute Gasteiger partial charge is 0.433 e. The van der Waals surface area contributed by atoms with E-state index < -0.39 is 4.92 Å². The highest BCUT2D eigenvalue weighted by Gasteiger charge is 2.13. The van der Waals surface area contributed by atoms with Crippen molar-refractivity contribution in [3.05, 3.63) is 59.6 Å². The van der Waals surface area contributed by atoms with Gasteiger partial charge >= 0.3 is 5.88 Å². The number of rotatable bonds is 3. The molecule has 2 aromatic rings. The van der Waals surface area contributed by atoms with Crippen molar-refractivity contribution in [2.45, 2.75) is 6.54 Å². The fourth-order valence-corrected chi connectivity index (χ4v) is 2.66. The van der Waals surface area contributed by atoms with E-state index in [1.54, 1.807) is 12.3 Å². The summed E-state index contributed by atoms with van der Waals surface area (Å²) >= 11 is 6.40. The van der Waals surface area contributed by atoms with Gasteiger partial charge in [0.2, 0.25) is 0 Å². The Bertz CT molecular complexity index is 662. The SMILES string of the molecule is O=c1c(Br)cc(Br)cn1Cc1ccc([N+](=O)[O-])o1. The number of halogens is 2. The zero-order chi connectivity index (χ0) is 13.3. The Balaban J connectivity index is 2.34. The fourth-order valence-electron chi connectivity index (χ4n) is 1.40. The minimum absolute atomic E-state index is 0.130. The van der Waals surface area contributed by atoms with Crippen molar-refractivity contribution in [3.8, 4) is 0 Å². The molecule has 18 heavy (non-hydrogen) atoms. The van der Waals surface area contributed by atoms with E-state index in [-0.39, 0.29) is 18.0 Å². The van der Waals surface area contributed by atoms with Crippen molar-refractivity contribution < 1.29 is 9.34 Å². The van der Waals surface area contributed by atoms with E-state index in [4.69, 9.17) is 4.42 Å². The van der Waals surface area contributed by atoms with Crippen molar-refractivity contribution in [2.75, 3.05) is 0 Å². The van der Waals surface area contributed by atoms with Gasteiger partial charge in [0.05, 0.1) is 17.1 Å². The van der Waals surface area contributed by atoms with Crippen LogP contribution in [0.3, 0.4) is 0 Å². The van der Waals surface area contributed by atoms with Gasteiger partial charge < -0.3 is 8.98 Å². The van der Waals surface area contributed by atoms with Crippen LogP contribution in [0.25, 0.3) is 0 Å². The maximum absolute atomic E-state index is 11.8. The lowest BCUT2D eigenvalue weighted by atomic mass is 10.4. The summed E-state index contributed by atoms with van der Waals surface area (Å²) in [5.74, 6) is 0.000844. The average Bonchev–Trinajstić information content (AvgIpc) is 2.74.